The fourth-order valence-corrected chi connectivity index (χ4v) is 4.24. The highest BCUT2D eigenvalue weighted by atomic mass is 32.2. The first-order chi connectivity index (χ1) is 9.00. The van der Waals surface area contributed by atoms with Gasteiger partial charge in [-0.25, -0.2) is 13.4 Å². The Labute approximate surface area is 114 Å². The number of nitrogens with one attached hydrogen (secondary N) is 1. The summed E-state index contributed by atoms with van der Waals surface area (Å²) in [5, 5.41) is 3.21. The van der Waals surface area contributed by atoms with Crippen molar-refractivity contribution in [2.24, 2.45) is 5.92 Å². The van der Waals surface area contributed by atoms with Crippen LogP contribution in [0.4, 0.5) is 5.95 Å². The van der Waals surface area contributed by atoms with Crippen LogP contribution in [0.25, 0.3) is 0 Å². The van der Waals surface area contributed by atoms with Crippen molar-refractivity contribution in [1.82, 2.24) is 9.55 Å². The Morgan fingerprint density at radius 1 is 1.58 bits per heavy atom. The molecule has 1 saturated heterocycles. The predicted molar refractivity (Wildman–Crippen MR) is 74.1 cm³/mol. The highest BCUT2D eigenvalue weighted by Gasteiger charge is 2.28. The predicted octanol–water partition coefficient (Wildman–Crippen LogP) is 0.685. The van der Waals surface area contributed by atoms with E-state index in [2.05, 4.69) is 10.3 Å². The molecular weight excluding hydrogens is 266 g/mol. The average Bonchev–Trinajstić information content (AvgIpc) is 2.83. The standard InChI is InChI=1S/C12H21N3O3S/c1-10-7-15(12(14-10)13-4-5-18-2)8-11-3-6-19(16,17)9-11/h7,11H,3-6,8-9H2,1-2H3,(H,13,14). The Morgan fingerprint density at radius 3 is 3.00 bits per heavy atom. The van der Waals surface area contributed by atoms with E-state index in [9.17, 15) is 8.42 Å². The summed E-state index contributed by atoms with van der Waals surface area (Å²) < 4.78 is 30.0. The lowest BCUT2D eigenvalue weighted by Gasteiger charge is -2.12. The molecule has 1 aromatic rings. The molecule has 108 valence electrons. The second-order valence-corrected chi connectivity index (χ2v) is 7.28. The Morgan fingerprint density at radius 2 is 2.37 bits per heavy atom. The van der Waals surface area contributed by atoms with E-state index < -0.39 is 9.84 Å². The van der Waals surface area contributed by atoms with Crippen LogP contribution in [-0.2, 0) is 21.1 Å². The SMILES string of the molecule is COCCNc1nc(C)cn1CC1CCS(=O)(=O)C1. The molecule has 0 spiro atoms. The quantitative estimate of drug-likeness (QED) is 0.779. The molecule has 2 rings (SSSR count). The van der Waals surface area contributed by atoms with E-state index in [0.717, 1.165) is 18.1 Å². The molecule has 1 aliphatic heterocycles. The first-order valence-electron chi connectivity index (χ1n) is 6.47. The second-order valence-electron chi connectivity index (χ2n) is 5.05. The van der Waals surface area contributed by atoms with Crippen LogP contribution in [0.3, 0.4) is 0 Å². The van der Waals surface area contributed by atoms with E-state index in [-0.39, 0.29) is 5.92 Å². The van der Waals surface area contributed by atoms with Crippen molar-refractivity contribution in [1.29, 1.82) is 0 Å². The molecule has 1 N–H and O–H groups in total. The van der Waals surface area contributed by atoms with E-state index in [0.29, 0.717) is 31.2 Å². The fraction of sp³-hybridized carbons (Fsp3) is 0.750. The molecule has 19 heavy (non-hydrogen) atoms. The normalized spacial score (nSPS) is 21.7. The molecule has 2 heterocycles. The highest BCUT2D eigenvalue weighted by Crippen LogP contribution is 2.22. The van der Waals surface area contributed by atoms with Crippen molar-refractivity contribution in [2.45, 2.75) is 19.9 Å². The highest BCUT2D eigenvalue weighted by molar-refractivity contribution is 7.91. The van der Waals surface area contributed by atoms with Crippen LogP contribution in [-0.4, -0.2) is 49.7 Å². The molecule has 0 radical (unpaired) electrons. The Hall–Kier alpha value is -1.08. The molecule has 7 heteroatoms. The van der Waals surface area contributed by atoms with Gasteiger partial charge in [-0.2, -0.15) is 0 Å². The molecule has 0 aliphatic carbocycles. The number of hydrogen-bond donors (Lipinski definition) is 1. The van der Waals surface area contributed by atoms with Gasteiger partial charge in [0, 0.05) is 26.4 Å². The summed E-state index contributed by atoms with van der Waals surface area (Å²) in [4.78, 5) is 4.41. The number of imidazole rings is 1. The van der Waals surface area contributed by atoms with Crippen molar-refractivity contribution in [2.75, 3.05) is 37.1 Å². The first kappa shape index (κ1) is 14.3. The summed E-state index contributed by atoms with van der Waals surface area (Å²) in [7, 11) is -1.16. The fourth-order valence-electron chi connectivity index (χ4n) is 2.39. The minimum absolute atomic E-state index is 0.196. The summed E-state index contributed by atoms with van der Waals surface area (Å²) in [6.07, 6.45) is 2.71. The lowest BCUT2D eigenvalue weighted by molar-refractivity contribution is 0.210. The Bertz CT molecular complexity index is 524. The number of aromatic nitrogens is 2. The molecule has 1 aliphatic rings. The lowest BCUT2D eigenvalue weighted by atomic mass is 10.1. The molecule has 1 fully saturated rings. The number of anilines is 1. The van der Waals surface area contributed by atoms with Crippen molar-refractivity contribution >= 4 is 15.8 Å². The molecule has 0 saturated carbocycles. The molecule has 6 nitrogen and oxygen atoms in total. The zero-order valence-electron chi connectivity index (χ0n) is 11.4. The van der Waals surface area contributed by atoms with Gasteiger partial charge in [0.05, 0.1) is 23.8 Å². The summed E-state index contributed by atoms with van der Waals surface area (Å²) in [6, 6.07) is 0. The molecule has 0 amide bonds. The van der Waals surface area contributed by atoms with Crippen LogP contribution in [0.5, 0.6) is 0 Å². The number of aryl methyl sites for hydroxylation is 1. The van der Waals surface area contributed by atoms with Crippen LogP contribution >= 0.6 is 0 Å². The molecule has 0 bridgehead atoms. The minimum Gasteiger partial charge on any atom is -0.383 e. The number of ether oxygens (including phenoxy) is 1. The number of sulfone groups is 1. The van der Waals surface area contributed by atoms with Gasteiger partial charge in [0.2, 0.25) is 5.95 Å². The van der Waals surface area contributed by atoms with Gasteiger partial charge in [-0.15, -0.1) is 0 Å². The number of rotatable bonds is 6. The maximum absolute atomic E-state index is 11.5. The monoisotopic (exact) mass is 287 g/mol. The van der Waals surface area contributed by atoms with Gasteiger partial charge in [-0.3, -0.25) is 0 Å². The van der Waals surface area contributed by atoms with E-state index in [1.54, 1.807) is 7.11 Å². The van der Waals surface area contributed by atoms with Crippen LogP contribution in [0.2, 0.25) is 0 Å². The Kier molecular flexibility index (Phi) is 4.46. The van der Waals surface area contributed by atoms with E-state index in [4.69, 9.17) is 4.74 Å². The number of hydrogen-bond acceptors (Lipinski definition) is 5. The van der Waals surface area contributed by atoms with E-state index >= 15 is 0 Å². The maximum atomic E-state index is 11.5. The summed E-state index contributed by atoms with van der Waals surface area (Å²) in [5.41, 5.74) is 0.931. The van der Waals surface area contributed by atoms with Crippen molar-refractivity contribution in [3.63, 3.8) is 0 Å². The molecule has 1 unspecified atom stereocenters. The summed E-state index contributed by atoms with van der Waals surface area (Å²) in [6.45, 7) is 3.94. The van der Waals surface area contributed by atoms with Crippen LogP contribution in [0, 0.1) is 12.8 Å². The second kappa shape index (κ2) is 5.92. The van der Waals surface area contributed by atoms with Crippen molar-refractivity contribution in [3.05, 3.63) is 11.9 Å². The third-order valence-corrected chi connectivity index (χ3v) is 5.10. The average molecular weight is 287 g/mol. The maximum Gasteiger partial charge on any atom is 0.203 e. The summed E-state index contributed by atoms with van der Waals surface area (Å²) >= 11 is 0. The number of nitrogens with zero attached hydrogens (tertiary/aromatic N) is 2. The van der Waals surface area contributed by atoms with E-state index in [1.165, 1.54) is 0 Å². The van der Waals surface area contributed by atoms with Gasteiger partial charge in [0.25, 0.3) is 0 Å². The van der Waals surface area contributed by atoms with E-state index in [1.807, 2.05) is 17.7 Å². The zero-order valence-corrected chi connectivity index (χ0v) is 12.2. The smallest absolute Gasteiger partial charge is 0.203 e. The Balaban J connectivity index is 1.99. The third kappa shape index (κ3) is 3.94. The van der Waals surface area contributed by atoms with Gasteiger partial charge >= 0.3 is 0 Å². The first-order valence-corrected chi connectivity index (χ1v) is 8.29. The third-order valence-electron chi connectivity index (χ3n) is 3.27. The van der Waals surface area contributed by atoms with Gasteiger partial charge in [0.15, 0.2) is 9.84 Å². The summed E-state index contributed by atoms with van der Waals surface area (Å²) in [5.74, 6) is 1.60. The molecule has 0 aromatic carbocycles. The topological polar surface area (TPSA) is 73.2 Å². The van der Waals surface area contributed by atoms with Crippen molar-refractivity contribution in [3.8, 4) is 0 Å². The van der Waals surface area contributed by atoms with Crippen LogP contribution in [0.15, 0.2) is 6.20 Å². The van der Waals surface area contributed by atoms with Gasteiger partial charge in [0.1, 0.15) is 0 Å². The largest absolute Gasteiger partial charge is 0.383 e. The van der Waals surface area contributed by atoms with Crippen LogP contribution in [0.1, 0.15) is 12.1 Å². The van der Waals surface area contributed by atoms with Gasteiger partial charge in [-0.05, 0) is 19.3 Å². The molecule has 1 aromatic heterocycles. The minimum atomic E-state index is -2.82. The van der Waals surface area contributed by atoms with Crippen LogP contribution < -0.4 is 5.32 Å². The zero-order chi connectivity index (χ0) is 13.9. The number of methoxy groups -OCH3 is 1. The van der Waals surface area contributed by atoms with Gasteiger partial charge in [-0.1, -0.05) is 0 Å². The molecule has 1 atom stereocenters. The van der Waals surface area contributed by atoms with Crippen molar-refractivity contribution < 1.29 is 13.2 Å². The molecular formula is C12H21N3O3S. The van der Waals surface area contributed by atoms with Gasteiger partial charge < -0.3 is 14.6 Å². The lowest BCUT2D eigenvalue weighted by Crippen LogP contribution is -2.16.